The maximum atomic E-state index is 11.8. The van der Waals surface area contributed by atoms with Gasteiger partial charge in [-0.1, -0.05) is 20.8 Å². The zero-order chi connectivity index (χ0) is 21.9. The third-order valence-electron chi connectivity index (χ3n) is 9.48. The van der Waals surface area contributed by atoms with Gasteiger partial charge in [-0.3, -0.25) is 9.59 Å². The van der Waals surface area contributed by atoms with Crippen LogP contribution in [0.3, 0.4) is 0 Å². The van der Waals surface area contributed by atoms with E-state index in [2.05, 4.69) is 20.8 Å². The number of rotatable bonds is 4. The van der Waals surface area contributed by atoms with Gasteiger partial charge in [0.2, 0.25) is 0 Å². The minimum absolute atomic E-state index is 0.0233. The molecule has 1 heterocycles. The topological polar surface area (TPSA) is 82.1 Å². The summed E-state index contributed by atoms with van der Waals surface area (Å²) < 4.78 is 18.0. The molecule has 3 saturated carbocycles. The Bertz CT molecular complexity index is 722. The molecule has 0 aromatic rings. The van der Waals surface area contributed by atoms with Crippen molar-refractivity contribution in [3.63, 3.8) is 0 Å². The minimum atomic E-state index is -0.415. The predicted molar refractivity (Wildman–Crippen MR) is 110 cm³/mol. The lowest BCUT2D eigenvalue weighted by Gasteiger charge is -2.64. The number of carbonyl (C=O) groups is 2. The van der Waals surface area contributed by atoms with E-state index in [1.807, 2.05) is 0 Å². The van der Waals surface area contributed by atoms with E-state index < -0.39 is 5.41 Å². The molecule has 0 aromatic carbocycles. The molecule has 6 nitrogen and oxygen atoms in total. The van der Waals surface area contributed by atoms with E-state index in [0.29, 0.717) is 5.92 Å². The van der Waals surface area contributed by atoms with Crippen LogP contribution in [0.1, 0.15) is 79.6 Å². The van der Waals surface area contributed by atoms with Crippen LogP contribution in [0.15, 0.2) is 0 Å². The molecule has 6 heteroatoms. The van der Waals surface area contributed by atoms with E-state index in [1.54, 1.807) is 0 Å². The number of hydrogen-bond acceptors (Lipinski definition) is 6. The molecular formula is C24H38O6. The summed E-state index contributed by atoms with van der Waals surface area (Å²) in [6, 6.07) is 0. The van der Waals surface area contributed by atoms with Gasteiger partial charge < -0.3 is 19.3 Å². The maximum Gasteiger partial charge on any atom is 0.302 e. The van der Waals surface area contributed by atoms with Crippen molar-refractivity contribution in [2.24, 2.45) is 28.1 Å². The van der Waals surface area contributed by atoms with Crippen molar-refractivity contribution >= 4 is 11.9 Å². The second-order valence-electron chi connectivity index (χ2n) is 11.3. The Morgan fingerprint density at radius 3 is 2.33 bits per heavy atom. The summed E-state index contributed by atoms with van der Waals surface area (Å²) in [5, 5.41) is 9.96. The minimum Gasteiger partial charge on any atom is -0.465 e. The third-order valence-corrected chi connectivity index (χ3v) is 9.48. The van der Waals surface area contributed by atoms with Crippen LogP contribution >= 0.6 is 0 Å². The van der Waals surface area contributed by atoms with Gasteiger partial charge in [0, 0.05) is 19.3 Å². The first-order chi connectivity index (χ1) is 14.0. The summed E-state index contributed by atoms with van der Waals surface area (Å²) >= 11 is 0. The van der Waals surface area contributed by atoms with E-state index in [1.165, 1.54) is 13.8 Å². The number of ether oxygens (including phenoxy) is 3. The zero-order valence-electron chi connectivity index (χ0n) is 19.2. The average Bonchev–Trinajstić information content (AvgIpc) is 2.87. The summed E-state index contributed by atoms with van der Waals surface area (Å²) in [4.78, 5) is 23.5. The average molecular weight is 423 g/mol. The summed E-state index contributed by atoms with van der Waals surface area (Å²) in [7, 11) is 0. The SMILES string of the molecule is CC(=O)OC[C@]1(C)[C@@H]2CC[C@]34C[C@](C)(CC[C@@H]3[C@@]2(C)CC[C@@H]1OC(C)=O)[C@@H](CO)O4. The fourth-order valence-electron chi connectivity index (χ4n) is 8.20. The lowest BCUT2D eigenvalue weighted by molar-refractivity contribution is -0.233. The van der Waals surface area contributed by atoms with E-state index in [9.17, 15) is 14.7 Å². The molecule has 0 aromatic heterocycles. The van der Waals surface area contributed by atoms with Crippen LogP contribution in [0.25, 0.3) is 0 Å². The molecule has 1 aliphatic heterocycles. The van der Waals surface area contributed by atoms with E-state index in [-0.39, 0.29) is 59.7 Å². The number of fused-ring (bicyclic) bond motifs is 3. The van der Waals surface area contributed by atoms with Crippen molar-refractivity contribution in [1.29, 1.82) is 0 Å². The summed E-state index contributed by atoms with van der Waals surface area (Å²) in [6.07, 6.45) is 6.52. The van der Waals surface area contributed by atoms with Crippen LogP contribution in [0.5, 0.6) is 0 Å². The number of hydrogen-bond donors (Lipinski definition) is 1. The molecule has 4 fully saturated rings. The Morgan fingerprint density at radius 2 is 1.70 bits per heavy atom. The first kappa shape index (κ1) is 22.1. The van der Waals surface area contributed by atoms with Gasteiger partial charge in [0.1, 0.15) is 12.7 Å². The summed E-state index contributed by atoms with van der Waals surface area (Å²) in [5.41, 5.74) is -0.496. The highest BCUT2D eigenvalue weighted by atomic mass is 16.6. The molecule has 30 heavy (non-hydrogen) atoms. The first-order valence-corrected chi connectivity index (χ1v) is 11.6. The van der Waals surface area contributed by atoms with Gasteiger partial charge in [-0.15, -0.1) is 0 Å². The van der Waals surface area contributed by atoms with Crippen LogP contribution in [0.2, 0.25) is 0 Å². The van der Waals surface area contributed by atoms with Crippen LogP contribution in [-0.2, 0) is 23.8 Å². The van der Waals surface area contributed by atoms with Gasteiger partial charge in [0.15, 0.2) is 0 Å². The normalized spacial score (nSPS) is 49.7. The third kappa shape index (κ3) is 3.12. The van der Waals surface area contributed by atoms with Gasteiger partial charge in [-0.2, -0.15) is 0 Å². The predicted octanol–water partition coefficient (Wildman–Crippen LogP) is 3.63. The largest absolute Gasteiger partial charge is 0.465 e. The molecule has 1 spiro atoms. The Balaban J connectivity index is 1.68. The lowest BCUT2D eigenvalue weighted by atomic mass is 9.42. The van der Waals surface area contributed by atoms with Gasteiger partial charge in [0.25, 0.3) is 0 Å². The van der Waals surface area contributed by atoms with E-state index >= 15 is 0 Å². The standard InChI is InChI=1S/C24H38O6/c1-15(26)28-14-23(5)17-7-11-24-13-21(3,20(12-25)30-24)9-6-18(24)22(17,4)10-8-19(23)29-16(2)27/h17-20,25H,6-14H2,1-5H3/t17-,18-,19+,20-,21+,22+,23-,24+/m1/s1. The molecule has 4 rings (SSSR count). The molecule has 1 N–H and O–H groups in total. The van der Waals surface area contributed by atoms with Crippen molar-refractivity contribution in [2.45, 2.75) is 97.4 Å². The Labute approximate surface area is 180 Å². The quantitative estimate of drug-likeness (QED) is 0.697. The highest BCUT2D eigenvalue weighted by molar-refractivity contribution is 5.66. The van der Waals surface area contributed by atoms with Crippen LogP contribution in [0.4, 0.5) is 0 Å². The smallest absolute Gasteiger partial charge is 0.302 e. The Morgan fingerprint density at radius 1 is 1.00 bits per heavy atom. The van der Waals surface area contributed by atoms with Crippen molar-refractivity contribution < 1.29 is 28.9 Å². The van der Waals surface area contributed by atoms with Crippen molar-refractivity contribution in [1.82, 2.24) is 0 Å². The molecule has 3 aliphatic carbocycles. The molecular weight excluding hydrogens is 384 g/mol. The second kappa shape index (κ2) is 7.19. The second-order valence-corrected chi connectivity index (χ2v) is 11.3. The van der Waals surface area contributed by atoms with Crippen molar-refractivity contribution in [3.05, 3.63) is 0 Å². The molecule has 4 aliphatic rings. The highest BCUT2D eigenvalue weighted by Crippen LogP contribution is 2.70. The van der Waals surface area contributed by atoms with Gasteiger partial charge in [-0.25, -0.2) is 0 Å². The Hall–Kier alpha value is -1.14. The molecule has 0 amide bonds. The van der Waals surface area contributed by atoms with Gasteiger partial charge in [0.05, 0.1) is 18.3 Å². The molecule has 0 radical (unpaired) electrons. The van der Waals surface area contributed by atoms with Crippen LogP contribution < -0.4 is 0 Å². The molecule has 0 unspecified atom stereocenters. The monoisotopic (exact) mass is 422 g/mol. The van der Waals surface area contributed by atoms with Crippen LogP contribution in [-0.4, -0.2) is 48.1 Å². The van der Waals surface area contributed by atoms with Crippen molar-refractivity contribution in [2.75, 3.05) is 13.2 Å². The van der Waals surface area contributed by atoms with E-state index in [4.69, 9.17) is 14.2 Å². The maximum absolute atomic E-state index is 11.8. The molecule has 2 bridgehead atoms. The number of esters is 2. The van der Waals surface area contributed by atoms with Gasteiger partial charge >= 0.3 is 11.9 Å². The Kier molecular flexibility index (Phi) is 5.29. The lowest BCUT2D eigenvalue weighted by Crippen LogP contribution is -2.64. The summed E-state index contributed by atoms with van der Waals surface area (Å²) in [5.74, 6) is 0.112. The van der Waals surface area contributed by atoms with Crippen LogP contribution in [0, 0.1) is 28.1 Å². The number of aliphatic hydroxyl groups is 1. The van der Waals surface area contributed by atoms with E-state index in [0.717, 1.165) is 44.9 Å². The van der Waals surface area contributed by atoms with Crippen molar-refractivity contribution in [3.8, 4) is 0 Å². The molecule has 170 valence electrons. The highest BCUT2D eigenvalue weighted by Gasteiger charge is 2.69. The first-order valence-electron chi connectivity index (χ1n) is 11.6. The fraction of sp³-hybridized carbons (Fsp3) is 0.917. The summed E-state index contributed by atoms with van der Waals surface area (Å²) in [6.45, 7) is 10.1. The molecule has 8 atom stereocenters. The van der Waals surface area contributed by atoms with Gasteiger partial charge in [-0.05, 0) is 67.6 Å². The molecule has 1 saturated heterocycles. The number of aliphatic hydroxyl groups excluding tert-OH is 1. The number of carbonyl (C=O) groups excluding carboxylic acids is 2. The zero-order valence-corrected chi connectivity index (χ0v) is 19.2. The fourth-order valence-corrected chi connectivity index (χ4v) is 8.20.